The Kier molecular flexibility index (Phi) is 4.35. The number of sulfonamides is 1. The number of methoxy groups -OCH3 is 1. The largest absolute Gasteiger partial charge is 0.468 e. The van der Waals surface area contributed by atoms with E-state index in [2.05, 4.69) is 9.72 Å². The predicted octanol–water partition coefficient (Wildman–Crippen LogP) is 1.51. The minimum atomic E-state index is -3.85. The van der Waals surface area contributed by atoms with E-state index in [9.17, 15) is 13.2 Å². The first-order valence-corrected chi connectivity index (χ1v) is 7.92. The number of nitrogens with zero attached hydrogens (tertiary/aromatic N) is 2. The van der Waals surface area contributed by atoms with Crippen LogP contribution in [0.25, 0.3) is 0 Å². The summed E-state index contributed by atoms with van der Waals surface area (Å²) < 4.78 is 30.6. The maximum absolute atomic E-state index is 12.6. The summed E-state index contributed by atoms with van der Waals surface area (Å²) >= 11 is 1.13. The first-order chi connectivity index (χ1) is 9.55. The molecule has 8 heteroatoms. The Morgan fingerprint density at radius 2 is 2.05 bits per heavy atom. The summed E-state index contributed by atoms with van der Waals surface area (Å²) in [5.41, 5.74) is 0. The molecule has 2 aromatic rings. The van der Waals surface area contributed by atoms with Crippen LogP contribution in [0.15, 0.2) is 46.8 Å². The van der Waals surface area contributed by atoms with Crippen LogP contribution < -0.4 is 4.31 Å². The number of hydrogen-bond acceptors (Lipinski definition) is 6. The number of carbonyl (C=O) groups is 1. The molecule has 0 aliphatic rings. The molecule has 0 amide bonds. The SMILES string of the molecule is COC(=O)CN(c1nccs1)S(=O)(=O)c1ccccc1. The smallest absolute Gasteiger partial charge is 0.326 e. The van der Waals surface area contributed by atoms with Crippen molar-refractivity contribution in [2.75, 3.05) is 18.0 Å². The molecule has 0 atom stereocenters. The lowest BCUT2D eigenvalue weighted by Crippen LogP contribution is -2.36. The van der Waals surface area contributed by atoms with E-state index in [0.29, 0.717) is 0 Å². The zero-order valence-electron chi connectivity index (χ0n) is 10.6. The van der Waals surface area contributed by atoms with Gasteiger partial charge in [-0.05, 0) is 12.1 Å². The van der Waals surface area contributed by atoms with E-state index < -0.39 is 22.5 Å². The van der Waals surface area contributed by atoms with Crippen molar-refractivity contribution in [3.8, 4) is 0 Å². The molecule has 1 heterocycles. The van der Waals surface area contributed by atoms with Gasteiger partial charge in [-0.25, -0.2) is 17.7 Å². The van der Waals surface area contributed by atoms with Gasteiger partial charge in [-0.2, -0.15) is 0 Å². The molecule has 0 bridgehead atoms. The number of rotatable bonds is 5. The van der Waals surface area contributed by atoms with Crippen molar-refractivity contribution in [3.05, 3.63) is 41.9 Å². The number of carbonyl (C=O) groups excluding carboxylic acids is 1. The Morgan fingerprint density at radius 3 is 2.60 bits per heavy atom. The fraction of sp³-hybridized carbons (Fsp3) is 0.167. The molecule has 0 unspecified atom stereocenters. The van der Waals surface area contributed by atoms with Gasteiger partial charge in [0.1, 0.15) is 6.54 Å². The van der Waals surface area contributed by atoms with E-state index in [1.54, 1.807) is 23.6 Å². The monoisotopic (exact) mass is 312 g/mol. The topological polar surface area (TPSA) is 76.6 Å². The molecule has 2 rings (SSSR count). The number of anilines is 1. The van der Waals surface area contributed by atoms with Gasteiger partial charge in [-0.1, -0.05) is 18.2 Å². The summed E-state index contributed by atoms with van der Waals surface area (Å²) in [4.78, 5) is 15.5. The second-order valence-corrected chi connectivity index (χ2v) is 6.45. The maximum atomic E-state index is 12.6. The normalized spacial score (nSPS) is 11.1. The van der Waals surface area contributed by atoms with Crippen molar-refractivity contribution in [1.29, 1.82) is 0 Å². The van der Waals surface area contributed by atoms with Crippen molar-refractivity contribution in [2.24, 2.45) is 0 Å². The average Bonchev–Trinajstić information content (AvgIpc) is 2.99. The first kappa shape index (κ1) is 14.5. The number of hydrogen-bond donors (Lipinski definition) is 0. The number of benzene rings is 1. The fourth-order valence-electron chi connectivity index (χ4n) is 1.50. The molecule has 6 nitrogen and oxygen atoms in total. The highest BCUT2D eigenvalue weighted by Gasteiger charge is 2.28. The van der Waals surface area contributed by atoms with Crippen LogP contribution in [-0.2, 0) is 19.6 Å². The second kappa shape index (κ2) is 6.02. The molecular formula is C12H12N2O4S2. The zero-order chi connectivity index (χ0) is 14.6. The van der Waals surface area contributed by atoms with Gasteiger partial charge in [-0.3, -0.25) is 4.79 Å². The molecule has 0 N–H and O–H groups in total. The third-order valence-electron chi connectivity index (χ3n) is 2.46. The van der Waals surface area contributed by atoms with Crippen LogP contribution in [0.4, 0.5) is 5.13 Å². The Morgan fingerprint density at radius 1 is 1.35 bits per heavy atom. The Labute approximate surface area is 120 Å². The van der Waals surface area contributed by atoms with Crippen molar-refractivity contribution < 1.29 is 17.9 Å². The summed E-state index contributed by atoms with van der Waals surface area (Å²) in [6, 6.07) is 7.88. The van der Waals surface area contributed by atoms with Gasteiger partial charge >= 0.3 is 5.97 Å². The second-order valence-electron chi connectivity index (χ2n) is 3.72. The van der Waals surface area contributed by atoms with Crippen LogP contribution in [0.1, 0.15) is 0 Å². The van der Waals surface area contributed by atoms with Gasteiger partial charge in [0, 0.05) is 11.6 Å². The third kappa shape index (κ3) is 2.97. The highest BCUT2D eigenvalue weighted by molar-refractivity contribution is 7.93. The summed E-state index contributed by atoms with van der Waals surface area (Å²) in [7, 11) is -2.64. The van der Waals surface area contributed by atoms with Crippen LogP contribution in [-0.4, -0.2) is 33.0 Å². The Balaban J connectivity index is 2.43. The first-order valence-electron chi connectivity index (χ1n) is 5.60. The van der Waals surface area contributed by atoms with E-state index in [4.69, 9.17) is 0 Å². The van der Waals surface area contributed by atoms with E-state index in [1.165, 1.54) is 25.4 Å². The van der Waals surface area contributed by atoms with Gasteiger partial charge in [0.25, 0.3) is 10.0 Å². The van der Waals surface area contributed by atoms with Crippen LogP contribution in [0.2, 0.25) is 0 Å². The number of aromatic nitrogens is 1. The van der Waals surface area contributed by atoms with Crippen LogP contribution in [0.3, 0.4) is 0 Å². The molecule has 0 fully saturated rings. The third-order valence-corrected chi connectivity index (χ3v) is 5.12. The van der Waals surface area contributed by atoms with Crippen LogP contribution in [0, 0.1) is 0 Å². The van der Waals surface area contributed by atoms with E-state index in [-0.39, 0.29) is 10.0 Å². The highest BCUT2D eigenvalue weighted by Crippen LogP contribution is 2.25. The molecule has 0 aliphatic heterocycles. The number of ether oxygens (including phenoxy) is 1. The maximum Gasteiger partial charge on any atom is 0.326 e. The molecular weight excluding hydrogens is 300 g/mol. The van der Waals surface area contributed by atoms with Crippen molar-refractivity contribution in [2.45, 2.75) is 4.90 Å². The van der Waals surface area contributed by atoms with Gasteiger partial charge in [0.2, 0.25) is 0 Å². The minimum Gasteiger partial charge on any atom is -0.468 e. The van der Waals surface area contributed by atoms with Gasteiger partial charge < -0.3 is 4.74 Å². The quantitative estimate of drug-likeness (QED) is 0.782. The Bertz CT molecular complexity index is 669. The lowest BCUT2D eigenvalue weighted by atomic mass is 10.4. The lowest BCUT2D eigenvalue weighted by molar-refractivity contribution is -0.138. The molecule has 0 saturated carbocycles. The summed E-state index contributed by atoms with van der Waals surface area (Å²) in [6.07, 6.45) is 1.48. The molecule has 106 valence electrons. The molecule has 20 heavy (non-hydrogen) atoms. The van der Waals surface area contributed by atoms with Crippen molar-refractivity contribution in [3.63, 3.8) is 0 Å². The molecule has 1 aromatic carbocycles. The van der Waals surface area contributed by atoms with E-state index in [0.717, 1.165) is 15.6 Å². The van der Waals surface area contributed by atoms with Gasteiger partial charge in [0.05, 0.1) is 12.0 Å². The fourth-order valence-corrected chi connectivity index (χ4v) is 3.75. The summed E-state index contributed by atoms with van der Waals surface area (Å²) in [5, 5.41) is 1.86. The minimum absolute atomic E-state index is 0.0964. The van der Waals surface area contributed by atoms with Crippen molar-refractivity contribution in [1.82, 2.24) is 4.98 Å². The highest BCUT2D eigenvalue weighted by atomic mass is 32.2. The van der Waals surface area contributed by atoms with E-state index >= 15 is 0 Å². The number of esters is 1. The zero-order valence-corrected chi connectivity index (χ0v) is 12.2. The molecule has 0 radical (unpaired) electrons. The standard InChI is InChI=1S/C12H12N2O4S2/c1-18-11(15)9-14(12-13-7-8-19-12)20(16,17)10-5-3-2-4-6-10/h2-8H,9H2,1H3. The average molecular weight is 312 g/mol. The lowest BCUT2D eigenvalue weighted by Gasteiger charge is -2.20. The van der Waals surface area contributed by atoms with E-state index in [1.807, 2.05) is 0 Å². The number of thiazole rings is 1. The van der Waals surface area contributed by atoms with Gasteiger partial charge in [0.15, 0.2) is 5.13 Å². The predicted molar refractivity (Wildman–Crippen MR) is 75.1 cm³/mol. The molecule has 0 spiro atoms. The van der Waals surface area contributed by atoms with Crippen LogP contribution in [0.5, 0.6) is 0 Å². The van der Waals surface area contributed by atoms with Crippen LogP contribution >= 0.6 is 11.3 Å². The molecule has 1 aromatic heterocycles. The summed E-state index contributed by atoms with van der Waals surface area (Å²) in [6.45, 7) is -0.415. The molecule has 0 saturated heterocycles. The van der Waals surface area contributed by atoms with Gasteiger partial charge in [-0.15, -0.1) is 11.3 Å². The molecule has 0 aliphatic carbocycles. The van der Waals surface area contributed by atoms with Crippen molar-refractivity contribution >= 4 is 32.5 Å². The Hall–Kier alpha value is -1.93. The summed E-state index contributed by atoms with van der Waals surface area (Å²) in [5.74, 6) is -0.653.